The molecule has 76 valence electrons. The molecular formula is C8H16N2O2S. The van der Waals surface area contributed by atoms with Crippen molar-refractivity contribution in [2.24, 2.45) is 5.73 Å². The van der Waals surface area contributed by atoms with Crippen LogP contribution in [0.1, 0.15) is 19.3 Å². The summed E-state index contributed by atoms with van der Waals surface area (Å²) in [6.07, 6.45) is 2.02. The minimum absolute atomic E-state index is 0.139. The molecule has 2 fully saturated rings. The van der Waals surface area contributed by atoms with Crippen LogP contribution in [0.5, 0.6) is 0 Å². The van der Waals surface area contributed by atoms with Gasteiger partial charge in [0.15, 0.2) is 9.84 Å². The molecule has 0 bridgehead atoms. The van der Waals surface area contributed by atoms with E-state index in [4.69, 9.17) is 5.73 Å². The molecule has 0 radical (unpaired) electrons. The quantitative estimate of drug-likeness (QED) is 0.545. The highest BCUT2D eigenvalue weighted by Gasteiger charge is 2.53. The molecule has 13 heavy (non-hydrogen) atoms. The van der Waals surface area contributed by atoms with E-state index < -0.39 is 14.6 Å². The molecule has 0 aromatic heterocycles. The van der Waals surface area contributed by atoms with E-state index in [0.29, 0.717) is 19.3 Å². The largest absolute Gasteiger partial charge is 0.326 e. The lowest BCUT2D eigenvalue weighted by Crippen LogP contribution is -2.54. The summed E-state index contributed by atoms with van der Waals surface area (Å²) in [6.45, 7) is 1.57. The first kappa shape index (κ1) is 9.43. The molecular weight excluding hydrogens is 188 g/mol. The second kappa shape index (κ2) is 2.93. The number of sulfone groups is 1. The second-order valence-electron chi connectivity index (χ2n) is 4.03. The van der Waals surface area contributed by atoms with Crippen LogP contribution in [0.2, 0.25) is 0 Å². The van der Waals surface area contributed by atoms with E-state index in [1.54, 1.807) is 0 Å². The van der Waals surface area contributed by atoms with Crippen LogP contribution in [-0.2, 0) is 9.84 Å². The zero-order valence-corrected chi connectivity index (χ0v) is 8.44. The van der Waals surface area contributed by atoms with Crippen molar-refractivity contribution >= 4 is 9.84 Å². The van der Waals surface area contributed by atoms with Gasteiger partial charge < -0.3 is 11.1 Å². The van der Waals surface area contributed by atoms with Crippen molar-refractivity contribution in [1.29, 1.82) is 0 Å². The topological polar surface area (TPSA) is 72.2 Å². The maximum absolute atomic E-state index is 11.8. The molecule has 0 saturated carbocycles. The van der Waals surface area contributed by atoms with Crippen LogP contribution in [0.4, 0.5) is 0 Å². The molecule has 0 aliphatic carbocycles. The molecule has 0 aromatic carbocycles. The van der Waals surface area contributed by atoms with Crippen LogP contribution in [0, 0.1) is 0 Å². The van der Waals surface area contributed by atoms with E-state index in [1.807, 2.05) is 0 Å². The fraction of sp³-hybridized carbons (Fsp3) is 1.00. The van der Waals surface area contributed by atoms with Crippen LogP contribution in [0.3, 0.4) is 0 Å². The average molecular weight is 204 g/mol. The molecule has 2 heterocycles. The van der Waals surface area contributed by atoms with Crippen molar-refractivity contribution in [3.8, 4) is 0 Å². The van der Waals surface area contributed by atoms with E-state index in [0.717, 1.165) is 13.1 Å². The lowest BCUT2D eigenvalue weighted by atomic mass is 9.89. The summed E-state index contributed by atoms with van der Waals surface area (Å²) in [7, 11) is -2.92. The van der Waals surface area contributed by atoms with Gasteiger partial charge in [-0.25, -0.2) is 8.42 Å². The molecule has 0 aromatic rings. The number of hydrogen-bond acceptors (Lipinski definition) is 4. The highest BCUT2D eigenvalue weighted by atomic mass is 32.2. The van der Waals surface area contributed by atoms with Crippen molar-refractivity contribution in [3.63, 3.8) is 0 Å². The summed E-state index contributed by atoms with van der Waals surface area (Å²) < 4.78 is 23.1. The van der Waals surface area contributed by atoms with Gasteiger partial charge in [-0.3, -0.25) is 0 Å². The molecule has 0 amide bonds. The van der Waals surface area contributed by atoms with Crippen molar-refractivity contribution in [2.45, 2.75) is 30.1 Å². The second-order valence-corrected chi connectivity index (χ2v) is 6.48. The lowest BCUT2D eigenvalue weighted by Gasteiger charge is -2.35. The Morgan fingerprint density at radius 3 is 2.38 bits per heavy atom. The summed E-state index contributed by atoms with van der Waals surface area (Å²) in [5, 5.41) is 3.17. The number of nitrogens with two attached hydrogens (primary N) is 1. The summed E-state index contributed by atoms with van der Waals surface area (Å²) in [6, 6.07) is -0.139. The summed E-state index contributed by atoms with van der Waals surface area (Å²) in [5.74, 6) is 0.286. The Hall–Kier alpha value is -0.130. The third-order valence-electron chi connectivity index (χ3n) is 3.44. The van der Waals surface area contributed by atoms with Gasteiger partial charge in [-0.1, -0.05) is 0 Å². The summed E-state index contributed by atoms with van der Waals surface area (Å²) in [4.78, 5) is 0. The zero-order valence-electron chi connectivity index (χ0n) is 7.62. The van der Waals surface area contributed by atoms with Gasteiger partial charge in [0.05, 0.1) is 10.5 Å². The molecule has 1 atom stereocenters. The third-order valence-corrected chi connectivity index (χ3v) is 6.17. The molecule has 2 rings (SSSR count). The molecule has 3 N–H and O–H groups in total. The highest BCUT2D eigenvalue weighted by molar-refractivity contribution is 7.93. The summed E-state index contributed by atoms with van der Waals surface area (Å²) >= 11 is 0. The van der Waals surface area contributed by atoms with E-state index in [1.165, 1.54) is 0 Å². The van der Waals surface area contributed by atoms with Crippen LogP contribution >= 0.6 is 0 Å². The van der Waals surface area contributed by atoms with E-state index in [2.05, 4.69) is 5.32 Å². The summed E-state index contributed by atoms with van der Waals surface area (Å²) in [5.41, 5.74) is 5.91. The first-order valence-electron chi connectivity index (χ1n) is 4.77. The lowest BCUT2D eigenvalue weighted by molar-refractivity contribution is 0.351. The van der Waals surface area contributed by atoms with Crippen molar-refractivity contribution in [3.05, 3.63) is 0 Å². The fourth-order valence-corrected chi connectivity index (χ4v) is 4.89. The molecule has 4 nitrogen and oxygen atoms in total. The molecule has 1 unspecified atom stereocenters. The molecule has 2 aliphatic heterocycles. The average Bonchev–Trinajstić information content (AvgIpc) is 2.33. The number of piperidine rings is 1. The van der Waals surface area contributed by atoms with Crippen molar-refractivity contribution in [1.82, 2.24) is 5.32 Å². The highest BCUT2D eigenvalue weighted by Crippen LogP contribution is 2.38. The smallest absolute Gasteiger partial charge is 0.157 e. The Kier molecular flexibility index (Phi) is 2.13. The molecule has 2 saturated heterocycles. The Morgan fingerprint density at radius 2 is 1.92 bits per heavy atom. The van der Waals surface area contributed by atoms with Gasteiger partial charge in [-0.15, -0.1) is 0 Å². The van der Waals surface area contributed by atoms with E-state index in [-0.39, 0.29) is 11.8 Å². The number of rotatable bonds is 0. The van der Waals surface area contributed by atoms with E-state index in [9.17, 15) is 8.42 Å². The van der Waals surface area contributed by atoms with Gasteiger partial charge in [-0.05, 0) is 32.4 Å². The van der Waals surface area contributed by atoms with Gasteiger partial charge in [0, 0.05) is 6.04 Å². The Bertz CT molecular complexity index is 293. The minimum atomic E-state index is -2.92. The van der Waals surface area contributed by atoms with Crippen LogP contribution in [0.15, 0.2) is 0 Å². The van der Waals surface area contributed by atoms with Gasteiger partial charge in [0.1, 0.15) is 0 Å². The fourth-order valence-electron chi connectivity index (χ4n) is 2.51. The van der Waals surface area contributed by atoms with Crippen LogP contribution in [0.25, 0.3) is 0 Å². The van der Waals surface area contributed by atoms with E-state index >= 15 is 0 Å². The normalized spacial score (nSPS) is 36.5. The molecule has 5 heteroatoms. The predicted molar refractivity (Wildman–Crippen MR) is 51.2 cm³/mol. The van der Waals surface area contributed by atoms with Crippen molar-refractivity contribution < 1.29 is 8.42 Å². The molecule has 1 spiro atoms. The third kappa shape index (κ3) is 1.21. The van der Waals surface area contributed by atoms with Gasteiger partial charge in [0.25, 0.3) is 0 Å². The first-order chi connectivity index (χ1) is 6.08. The predicted octanol–water partition coefficient (Wildman–Crippen LogP) is -0.746. The van der Waals surface area contributed by atoms with Crippen LogP contribution < -0.4 is 11.1 Å². The first-order valence-corrected chi connectivity index (χ1v) is 6.42. The van der Waals surface area contributed by atoms with Gasteiger partial charge in [-0.2, -0.15) is 0 Å². The Morgan fingerprint density at radius 1 is 1.31 bits per heavy atom. The number of hydrogen-bond donors (Lipinski definition) is 2. The van der Waals surface area contributed by atoms with Gasteiger partial charge >= 0.3 is 0 Å². The maximum Gasteiger partial charge on any atom is 0.157 e. The van der Waals surface area contributed by atoms with Gasteiger partial charge in [0.2, 0.25) is 0 Å². The monoisotopic (exact) mass is 204 g/mol. The maximum atomic E-state index is 11.8. The zero-order chi connectivity index (χ0) is 9.53. The van der Waals surface area contributed by atoms with Crippen LogP contribution in [-0.4, -0.2) is 38.0 Å². The van der Waals surface area contributed by atoms with Crippen molar-refractivity contribution in [2.75, 3.05) is 18.8 Å². The Balaban J connectivity index is 2.36. The molecule has 2 aliphatic rings. The SMILES string of the molecule is NC1CCS(=O)(=O)C12CCNCC2. The standard InChI is InChI=1S/C8H16N2O2S/c9-7-1-6-13(11,12)8(7)2-4-10-5-3-8/h7,10H,1-6,9H2. The Labute approximate surface area is 78.8 Å². The number of nitrogens with one attached hydrogen (secondary N) is 1. The minimum Gasteiger partial charge on any atom is -0.326 e.